The lowest BCUT2D eigenvalue weighted by atomic mass is 9.98. The summed E-state index contributed by atoms with van der Waals surface area (Å²) in [6.07, 6.45) is 7.18. The maximum absolute atomic E-state index is 11.1. The van der Waals surface area contributed by atoms with Crippen molar-refractivity contribution in [3.63, 3.8) is 0 Å². The predicted molar refractivity (Wildman–Crippen MR) is 69.8 cm³/mol. The van der Waals surface area contributed by atoms with Crippen molar-refractivity contribution < 1.29 is 9.90 Å². The largest absolute Gasteiger partial charge is 0.481 e. The molecule has 2 rings (SSSR count). The van der Waals surface area contributed by atoms with Crippen LogP contribution in [0.25, 0.3) is 0 Å². The van der Waals surface area contributed by atoms with Crippen molar-refractivity contribution in [2.75, 3.05) is 0 Å². The molecule has 0 amide bonds. The van der Waals surface area contributed by atoms with Crippen molar-refractivity contribution in [1.82, 2.24) is 20.2 Å². The molecule has 1 heterocycles. The maximum atomic E-state index is 11.1. The molecule has 6 nitrogen and oxygen atoms in total. The van der Waals surface area contributed by atoms with E-state index in [2.05, 4.69) is 15.5 Å². The Kier molecular flexibility index (Phi) is 4.50. The first kappa shape index (κ1) is 14.0. The monoisotopic (exact) mass is 266 g/mol. The van der Waals surface area contributed by atoms with Gasteiger partial charge >= 0.3 is 5.97 Å². The van der Waals surface area contributed by atoms with Crippen molar-refractivity contribution in [3.05, 3.63) is 5.82 Å². The first-order valence-corrected chi connectivity index (χ1v) is 7.12. The molecule has 1 saturated carbocycles. The highest BCUT2D eigenvalue weighted by Gasteiger charge is 2.28. The van der Waals surface area contributed by atoms with Gasteiger partial charge in [-0.05, 0) is 37.1 Å². The third kappa shape index (κ3) is 3.11. The van der Waals surface area contributed by atoms with Crippen LogP contribution in [0.2, 0.25) is 0 Å². The minimum absolute atomic E-state index is 0.217. The Balaban J connectivity index is 2.18. The molecule has 0 aromatic carbocycles. The van der Waals surface area contributed by atoms with Crippen molar-refractivity contribution in [3.8, 4) is 0 Å². The van der Waals surface area contributed by atoms with Gasteiger partial charge in [0.15, 0.2) is 5.82 Å². The fourth-order valence-corrected chi connectivity index (χ4v) is 2.72. The quantitative estimate of drug-likeness (QED) is 0.846. The fraction of sp³-hybridized carbons (Fsp3) is 0.846. The average molecular weight is 266 g/mol. The van der Waals surface area contributed by atoms with Gasteiger partial charge in [-0.1, -0.05) is 25.7 Å². The molecule has 106 valence electrons. The SMILES string of the molecule is CC(C(=O)O)C(C)n1nnnc1C1CCCCCC1. The summed E-state index contributed by atoms with van der Waals surface area (Å²) in [7, 11) is 0. The number of rotatable bonds is 4. The standard InChI is InChI=1S/C13H22N4O2/c1-9(13(18)19)10(2)17-12(14-15-16-17)11-7-5-3-4-6-8-11/h9-11H,3-8H2,1-2H3,(H,18,19). The summed E-state index contributed by atoms with van der Waals surface area (Å²) in [5, 5.41) is 21.0. The Bertz CT molecular complexity index is 424. The molecule has 0 aliphatic heterocycles. The summed E-state index contributed by atoms with van der Waals surface area (Å²) in [6.45, 7) is 3.57. The first-order valence-electron chi connectivity index (χ1n) is 7.12. The number of carbonyl (C=O) groups is 1. The zero-order chi connectivity index (χ0) is 13.8. The van der Waals surface area contributed by atoms with Gasteiger partial charge in [0.1, 0.15) is 0 Å². The number of aliphatic carboxylic acids is 1. The molecular weight excluding hydrogens is 244 g/mol. The van der Waals surface area contributed by atoms with E-state index >= 15 is 0 Å². The third-order valence-electron chi connectivity index (χ3n) is 4.24. The number of carboxylic acids is 1. The van der Waals surface area contributed by atoms with E-state index in [0.717, 1.165) is 18.7 Å². The summed E-state index contributed by atoms with van der Waals surface area (Å²) < 4.78 is 1.72. The second kappa shape index (κ2) is 6.12. The van der Waals surface area contributed by atoms with Crippen molar-refractivity contribution in [2.24, 2.45) is 5.92 Å². The van der Waals surface area contributed by atoms with Gasteiger partial charge in [0.05, 0.1) is 12.0 Å². The molecule has 0 bridgehead atoms. The zero-order valence-electron chi connectivity index (χ0n) is 11.6. The highest BCUT2D eigenvalue weighted by atomic mass is 16.4. The maximum Gasteiger partial charge on any atom is 0.308 e. The second-order valence-corrected chi connectivity index (χ2v) is 5.54. The van der Waals surface area contributed by atoms with Gasteiger partial charge in [-0.25, -0.2) is 4.68 Å². The van der Waals surface area contributed by atoms with Gasteiger partial charge < -0.3 is 5.11 Å². The van der Waals surface area contributed by atoms with Gasteiger partial charge in [0.2, 0.25) is 0 Å². The minimum Gasteiger partial charge on any atom is -0.481 e. The van der Waals surface area contributed by atoms with Crippen LogP contribution in [0, 0.1) is 5.92 Å². The molecule has 19 heavy (non-hydrogen) atoms. The van der Waals surface area contributed by atoms with Crippen LogP contribution in [0.1, 0.15) is 70.2 Å². The molecule has 0 spiro atoms. The van der Waals surface area contributed by atoms with Crippen LogP contribution in [-0.4, -0.2) is 31.3 Å². The third-order valence-corrected chi connectivity index (χ3v) is 4.24. The van der Waals surface area contributed by atoms with Crippen LogP contribution in [0.15, 0.2) is 0 Å². The molecule has 6 heteroatoms. The zero-order valence-corrected chi connectivity index (χ0v) is 11.6. The van der Waals surface area contributed by atoms with E-state index in [1.54, 1.807) is 11.6 Å². The van der Waals surface area contributed by atoms with E-state index in [9.17, 15) is 4.79 Å². The van der Waals surface area contributed by atoms with Crippen LogP contribution in [0.3, 0.4) is 0 Å². The van der Waals surface area contributed by atoms with Crippen molar-refractivity contribution in [2.45, 2.75) is 64.3 Å². The second-order valence-electron chi connectivity index (χ2n) is 5.54. The van der Waals surface area contributed by atoms with Crippen LogP contribution in [0.5, 0.6) is 0 Å². The fourth-order valence-electron chi connectivity index (χ4n) is 2.72. The summed E-state index contributed by atoms with van der Waals surface area (Å²) in [5.41, 5.74) is 0. The summed E-state index contributed by atoms with van der Waals surface area (Å²) in [6, 6.07) is -0.217. The molecule has 2 unspecified atom stereocenters. The molecule has 2 atom stereocenters. The summed E-state index contributed by atoms with van der Waals surface area (Å²) >= 11 is 0. The number of hydrogen-bond donors (Lipinski definition) is 1. The molecule has 0 saturated heterocycles. The van der Waals surface area contributed by atoms with E-state index in [-0.39, 0.29) is 6.04 Å². The Hall–Kier alpha value is -1.46. The Morgan fingerprint density at radius 3 is 2.47 bits per heavy atom. The van der Waals surface area contributed by atoms with E-state index in [1.807, 2.05) is 6.92 Å². The topological polar surface area (TPSA) is 80.9 Å². The first-order chi connectivity index (χ1) is 9.11. The molecule has 1 aromatic rings. The van der Waals surface area contributed by atoms with Gasteiger partial charge in [-0.15, -0.1) is 5.10 Å². The van der Waals surface area contributed by atoms with Gasteiger partial charge in [-0.2, -0.15) is 0 Å². The number of aromatic nitrogens is 4. The average Bonchev–Trinajstić information content (AvgIpc) is 2.72. The lowest BCUT2D eigenvalue weighted by Gasteiger charge is -2.20. The van der Waals surface area contributed by atoms with Crippen molar-refractivity contribution in [1.29, 1.82) is 0 Å². The van der Waals surface area contributed by atoms with Gasteiger partial charge in [-0.3, -0.25) is 4.79 Å². The van der Waals surface area contributed by atoms with E-state index in [4.69, 9.17) is 5.11 Å². The molecule has 1 aliphatic rings. The van der Waals surface area contributed by atoms with Crippen molar-refractivity contribution >= 4 is 5.97 Å². The lowest BCUT2D eigenvalue weighted by Crippen LogP contribution is -2.25. The summed E-state index contributed by atoms with van der Waals surface area (Å²) in [5.74, 6) is -0.0636. The normalized spacial score (nSPS) is 20.7. The van der Waals surface area contributed by atoms with Crippen LogP contribution in [-0.2, 0) is 4.79 Å². The smallest absolute Gasteiger partial charge is 0.308 e. The van der Waals surface area contributed by atoms with Gasteiger partial charge in [0, 0.05) is 5.92 Å². The van der Waals surface area contributed by atoms with E-state index in [0.29, 0.717) is 5.92 Å². The van der Waals surface area contributed by atoms with E-state index in [1.165, 1.54) is 25.7 Å². The molecule has 1 aliphatic carbocycles. The van der Waals surface area contributed by atoms with Crippen LogP contribution >= 0.6 is 0 Å². The number of tetrazole rings is 1. The molecule has 1 N–H and O–H groups in total. The molecular formula is C13H22N4O2. The molecule has 1 fully saturated rings. The highest BCUT2D eigenvalue weighted by molar-refractivity contribution is 5.70. The summed E-state index contributed by atoms with van der Waals surface area (Å²) in [4.78, 5) is 11.1. The van der Waals surface area contributed by atoms with Gasteiger partial charge in [0.25, 0.3) is 0 Å². The Morgan fingerprint density at radius 1 is 1.26 bits per heavy atom. The minimum atomic E-state index is -0.810. The highest BCUT2D eigenvalue weighted by Crippen LogP contribution is 2.31. The molecule has 1 aromatic heterocycles. The lowest BCUT2D eigenvalue weighted by molar-refractivity contribution is -0.142. The Labute approximate surface area is 113 Å². The number of hydrogen-bond acceptors (Lipinski definition) is 4. The predicted octanol–water partition coefficient (Wildman–Crippen LogP) is 2.39. The Morgan fingerprint density at radius 2 is 1.89 bits per heavy atom. The van der Waals surface area contributed by atoms with Crippen LogP contribution < -0.4 is 0 Å². The number of nitrogens with zero attached hydrogens (tertiary/aromatic N) is 4. The molecule has 0 radical (unpaired) electrons. The number of carboxylic acid groups (broad SMARTS) is 1. The van der Waals surface area contributed by atoms with Crippen LogP contribution in [0.4, 0.5) is 0 Å². The van der Waals surface area contributed by atoms with E-state index < -0.39 is 11.9 Å².